The highest BCUT2D eigenvalue weighted by Crippen LogP contribution is 2.32. The van der Waals surface area contributed by atoms with Crippen LogP contribution < -0.4 is 19.7 Å². The first-order valence-electron chi connectivity index (χ1n) is 7.37. The van der Waals surface area contributed by atoms with Gasteiger partial charge in [-0.25, -0.2) is 0 Å². The summed E-state index contributed by atoms with van der Waals surface area (Å²) in [6, 6.07) is 5.39. The Kier molecular flexibility index (Phi) is 4.26. The van der Waals surface area contributed by atoms with Gasteiger partial charge in [0, 0.05) is 11.8 Å². The summed E-state index contributed by atoms with van der Waals surface area (Å²) in [4.78, 5) is 13.6. The van der Waals surface area contributed by atoms with Crippen LogP contribution in [0.1, 0.15) is 6.92 Å². The lowest BCUT2D eigenvalue weighted by atomic mass is 10.2. The molecule has 0 saturated carbocycles. The molecule has 2 aliphatic heterocycles. The quantitative estimate of drug-likeness (QED) is 0.803. The summed E-state index contributed by atoms with van der Waals surface area (Å²) in [5.41, 5.74) is 0.740. The molecule has 0 aromatic heterocycles. The highest BCUT2D eigenvalue weighted by Gasteiger charge is 2.27. The monoisotopic (exact) mass is 293 g/mol. The lowest BCUT2D eigenvalue weighted by Gasteiger charge is -2.28. The SMILES string of the molecule is C[C@@H](C(=O)Nc1ccc2c(c1)OCCO2)[NH+]1CCOCC1. The molecule has 3 rings (SSSR count). The Balaban J connectivity index is 1.63. The molecule has 1 aromatic rings. The van der Waals surface area contributed by atoms with Crippen LogP contribution >= 0.6 is 0 Å². The zero-order chi connectivity index (χ0) is 14.7. The number of fused-ring (bicyclic) bond motifs is 1. The van der Waals surface area contributed by atoms with Crippen LogP contribution in [-0.4, -0.2) is 51.5 Å². The largest absolute Gasteiger partial charge is 0.486 e. The Morgan fingerprint density at radius 2 is 1.86 bits per heavy atom. The number of carbonyl (C=O) groups is 1. The third-order valence-electron chi connectivity index (χ3n) is 3.95. The van der Waals surface area contributed by atoms with Gasteiger partial charge in [0.2, 0.25) is 0 Å². The van der Waals surface area contributed by atoms with Gasteiger partial charge in [0.1, 0.15) is 26.3 Å². The Labute approximate surface area is 124 Å². The number of nitrogens with one attached hydrogen (secondary N) is 2. The molecule has 0 radical (unpaired) electrons. The van der Waals surface area contributed by atoms with Gasteiger partial charge in [-0.05, 0) is 19.1 Å². The molecule has 0 bridgehead atoms. The zero-order valence-corrected chi connectivity index (χ0v) is 12.2. The Morgan fingerprint density at radius 3 is 2.62 bits per heavy atom. The number of ether oxygens (including phenoxy) is 3. The molecule has 6 nitrogen and oxygen atoms in total. The van der Waals surface area contributed by atoms with Crippen molar-refractivity contribution >= 4 is 11.6 Å². The van der Waals surface area contributed by atoms with Crippen LogP contribution in [0, 0.1) is 0 Å². The van der Waals surface area contributed by atoms with E-state index < -0.39 is 0 Å². The van der Waals surface area contributed by atoms with Crippen molar-refractivity contribution in [3.05, 3.63) is 18.2 Å². The average Bonchev–Trinajstić information content (AvgIpc) is 2.55. The molecular weight excluding hydrogens is 272 g/mol. The van der Waals surface area contributed by atoms with Crippen molar-refractivity contribution < 1.29 is 23.9 Å². The van der Waals surface area contributed by atoms with E-state index in [2.05, 4.69) is 5.32 Å². The summed E-state index contributed by atoms with van der Waals surface area (Å²) >= 11 is 0. The molecule has 1 saturated heterocycles. The second-order valence-electron chi connectivity index (χ2n) is 5.34. The van der Waals surface area contributed by atoms with E-state index in [4.69, 9.17) is 14.2 Å². The Morgan fingerprint density at radius 1 is 1.14 bits per heavy atom. The minimum atomic E-state index is -0.0953. The van der Waals surface area contributed by atoms with E-state index in [0.29, 0.717) is 19.0 Å². The zero-order valence-electron chi connectivity index (χ0n) is 12.2. The second kappa shape index (κ2) is 6.32. The molecule has 0 unspecified atom stereocenters. The lowest BCUT2D eigenvalue weighted by Crippen LogP contribution is -3.18. The molecule has 0 aliphatic carbocycles. The molecule has 114 valence electrons. The first-order chi connectivity index (χ1) is 10.2. The van der Waals surface area contributed by atoms with Crippen LogP contribution in [0.5, 0.6) is 11.5 Å². The number of hydrogen-bond donors (Lipinski definition) is 2. The molecule has 0 spiro atoms. The summed E-state index contributed by atoms with van der Waals surface area (Å²) in [7, 11) is 0. The topological polar surface area (TPSA) is 61.2 Å². The lowest BCUT2D eigenvalue weighted by molar-refractivity contribution is -0.921. The highest BCUT2D eigenvalue weighted by molar-refractivity contribution is 5.93. The Hall–Kier alpha value is -1.79. The molecule has 1 amide bonds. The Bertz CT molecular complexity index is 514. The predicted octanol–water partition coefficient (Wildman–Crippen LogP) is -0.300. The number of benzene rings is 1. The molecule has 2 heterocycles. The summed E-state index contributed by atoms with van der Waals surface area (Å²) in [5.74, 6) is 1.43. The average molecular weight is 293 g/mol. The second-order valence-corrected chi connectivity index (χ2v) is 5.34. The standard InChI is InChI=1S/C15H20N2O4/c1-11(17-4-6-19-7-5-17)15(18)16-12-2-3-13-14(10-12)21-9-8-20-13/h2-3,10-11H,4-9H2,1H3,(H,16,18)/p+1/t11-/m0/s1. The third kappa shape index (κ3) is 3.28. The smallest absolute Gasteiger partial charge is 0.282 e. The van der Waals surface area contributed by atoms with Crippen molar-refractivity contribution in [2.45, 2.75) is 13.0 Å². The summed E-state index contributed by atoms with van der Waals surface area (Å²) in [6.45, 7) is 6.24. The fourth-order valence-electron chi connectivity index (χ4n) is 2.62. The minimum absolute atomic E-state index is 0.0172. The van der Waals surface area contributed by atoms with Crippen LogP contribution in [0.3, 0.4) is 0 Å². The van der Waals surface area contributed by atoms with Crippen LogP contribution in [0.15, 0.2) is 18.2 Å². The molecule has 2 N–H and O–H groups in total. The van der Waals surface area contributed by atoms with Crippen LogP contribution in [-0.2, 0) is 9.53 Å². The van der Waals surface area contributed by atoms with Gasteiger partial charge >= 0.3 is 0 Å². The molecule has 1 fully saturated rings. The van der Waals surface area contributed by atoms with Crippen LogP contribution in [0.2, 0.25) is 0 Å². The van der Waals surface area contributed by atoms with Crippen molar-refractivity contribution in [3.63, 3.8) is 0 Å². The van der Waals surface area contributed by atoms with E-state index in [-0.39, 0.29) is 11.9 Å². The van der Waals surface area contributed by atoms with Gasteiger partial charge in [0.05, 0.1) is 13.2 Å². The highest BCUT2D eigenvalue weighted by atomic mass is 16.6. The molecule has 21 heavy (non-hydrogen) atoms. The van der Waals surface area contributed by atoms with Gasteiger partial charge < -0.3 is 24.4 Å². The van der Waals surface area contributed by atoms with Crippen LogP contribution in [0.4, 0.5) is 5.69 Å². The molecule has 2 aliphatic rings. The van der Waals surface area contributed by atoms with Crippen molar-refractivity contribution in [1.29, 1.82) is 0 Å². The number of carbonyl (C=O) groups excluding carboxylic acids is 1. The maximum Gasteiger partial charge on any atom is 0.282 e. The molecule has 1 atom stereocenters. The van der Waals surface area contributed by atoms with Gasteiger partial charge in [-0.3, -0.25) is 4.79 Å². The predicted molar refractivity (Wildman–Crippen MR) is 77.0 cm³/mol. The third-order valence-corrected chi connectivity index (χ3v) is 3.95. The van der Waals surface area contributed by atoms with Crippen LogP contribution in [0.25, 0.3) is 0 Å². The van der Waals surface area contributed by atoms with Gasteiger partial charge in [-0.1, -0.05) is 0 Å². The summed E-state index contributed by atoms with van der Waals surface area (Å²) < 4.78 is 16.3. The molecular formula is C15H21N2O4+. The van der Waals surface area contributed by atoms with E-state index in [1.165, 1.54) is 4.90 Å². The van der Waals surface area contributed by atoms with E-state index in [9.17, 15) is 4.79 Å². The van der Waals surface area contributed by atoms with E-state index in [1.54, 1.807) is 0 Å². The normalized spacial score (nSPS) is 19.9. The number of amides is 1. The fourth-order valence-corrected chi connectivity index (χ4v) is 2.62. The summed E-state index contributed by atoms with van der Waals surface area (Å²) in [5, 5.41) is 2.95. The minimum Gasteiger partial charge on any atom is -0.486 e. The number of quaternary nitrogens is 1. The maximum absolute atomic E-state index is 12.3. The van der Waals surface area contributed by atoms with Gasteiger partial charge in [0.25, 0.3) is 5.91 Å². The van der Waals surface area contributed by atoms with Crippen molar-refractivity contribution in [3.8, 4) is 11.5 Å². The number of rotatable bonds is 3. The van der Waals surface area contributed by atoms with Crippen molar-refractivity contribution in [2.75, 3.05) is 44.8 Å². The number of hydrogen-bond acceptors (Lipinski definition) is 4. The van der Waals surface area contributed by atoms with E-state index in [0.717, 1.165) is 37.7 Å². The van der Waals surface area contributed by atoms with Gasteiger partial charge in [-0.2, -0.15) is 0 Å². The first kappa shape index (κ1) is 14.2. The number of morpholine rings is 1. The van der Waals surface area contributed by atoms with Crippen molar-refractivity contribution in [1.82, 2.24) is 0 Å². The molecule has 6 heteroatoms. The van der Waals surface area contributed by atoms with E-state index in [1.807, 2.05) is 25.1 Å². The first-order valence-corrected chi connectivity index (χ1v) is 7.37. The van der Waals surface area contributed by atoms with Gasteiger partial charge in [-0.15, -0.1) is 0 Å². The molecule has 1 aromatic carbocycles. The van der Waals surface area contributed by atoms with Gasteiger partial charge in [0.15, 0.2) is 17.5 Å². The summed E-state index contributed by atoms with van der Waals surface area (Å²) in [6.07, 6.45) is 0. The number of anilines is 1. The van der Waals surface area contributed by atoms with E-state index >= 15 is 0 Å². The van der Waals surface area contributed by atoms with Crippen molar-refractivity contribution in [2.24, 2.45) is 0 Å². The fraction of sp³-hybridized carbons (Fsp3) is 0.533. The maximum atomic E-state index is 12.3.